The normalized spacial score (nSPS) is 14.5. The molecular weight excluding hydrogens is 318 g/mol. The molecule has 1 aliphatic rings. The molecule has 130 valence electrons. The molecular formula is C19H21N3O3. The number of carbonyl (C=O) groups excluding carboxylic acids is 2. The molecule has 1 aliphatic heterocycles. The molecule has 25 heavy (non-hydrogen) atoms. The summed E-state index contributed by atoms with van der Waals surface area (Å²) in [6.45, 7) is 2.63. The van der Waals surface area contributed by atoms with Crippen LogP contribution in [0, 0.1) is 6.92 Å². The molecule has 1 N–H and O–H groups in total. The zero-order valence-electron chi connectivity index (χ0n) is 14.4. The van der Waals surface area contributed by atoms with Crippen molar-refractivity contribution in [3.8, 4) is 0 Å². The first-order valence-electron chi connectivity index (χ1n) is 8.35. The summed E-state index contributed by atoms with van der Waals surface area (Å²) in [6.07, 6.45) is 4.05. The molecule has 6 heteroatoms. The van der Waals surface area contributed by atoms with E-state index in [1.807, 2.05) is 13.0 Å². The lowest BCUT2D eigenvalue weighted by molar-refractivity contribution is -0.119. The van der Waals surface area contributed by atoms with E-state index in [0.29, 0.717) is 18.7 Å². The molecule has 0 unspecified atom stereocenters. The largest absolute Gasteiger partial charge is 0.322 e. The summed E-state index contributed by atoms with van der Waals surface area (Å²) in [5.74, 6) is -0.351. The Morgan fingerprint density at radius 2 is 1.96 bits per heavy atom. The summed E-state index contributed by atoms with van der Waals surface area (Å²) < 4.78 is 1.36. The summed E-state index contributed by atoms with van der Waals surface area (Å²) in [4.78, 5) is 38.4. The second-order valence-electron chi connectivity index (χ2n) is 6.30. The third-order valence-corrected chi connectivity index (χ3v) is 4.45. The summed E-state index contributed by atoms with van der Waals surface area (Å²) in [7, 11) is 1.60. The molecule has 2 amide bonds. The van der Waals surface area contributed by atoms with E-state index in [9.17, 15) is 14.4 Å². The molecule has 2 aromatic rings. The molecule has 6 nitrogen and oxygen atoms in total. The highest BCUT2D eigenvalue weighted by molar-refractivity contribution is 6.04. The number of nitrogens with one attached hydrogen (secondary N) is 1. The highest BCUT2D eigenvalue weighted by Gasteiger charge is 2.21. The van der Waals surface area contributed by atoms with E-state index in [4.69, 9.17) is 0 Å². The Morgan fingerprint density at radius 3 is 2.72 bits per heavy atom. The maximum absolute atomic E-state index is 12.4. The van der Waals surface area contributed by atoms with Gasteiger partial charge in [-0.15, -0.1) is 0 Å². The Balaban J connectivity index is 1.87. The van der Waals surface area contributed by atoms with Gasteiger partial charge in [-0.05, 0) is 49.6 Å². The van der Waals surface area contributed by atoms with Crippen molar-refractivity contribution in [1.82, 2.24) is 4.57 Å². The second-order valence-corrected chi connectivity index (χ2v) is 6.30. The lowest BCUT2D eigenvalue weighted by Crippen LogP contribution is -2.35. The molecule has 1 saturated heterocycles. The molecule has 0 spiro atoms. The Kier molecular flexibility index (Phi) is 4.70. The number of carbonyl (C=O) groups is 2. The van der Waals surface area contributed by atoms with Gasteiger partial charge in [0.15, 0.2) is 0 Å². The number of hydrogen-bond donors (Lipinski definition) is 1. The van der Waals surface area contributed by atoms with Gasteiger partial charge in [-0.2, -0.15) is 0 Å². The third kappa shape index (κ3) is 3.47. The summed E-state index contributed by atoms with van der Waals surface area (Å²) in [6, 6.07) is 8.60. The monoisotopic (exact) mass is 339 g/mol. The van der Waals surface area contributed by atoms with Crippen LogP contribution in [0.15, 0.2) is 41.3 Å². The zero-order valence-corrected chi connectivity index (χ0v) is 14.4. The predicted molar refractivity (Wildman–Crippen MR) is 97.0 cm³/mol. The van der Waals surface area contributed by atoms with Gasteiger partial charge in [-0.25, -0.2) is 0 Å². The van der Waals surface area contributed by atoms with Crippen LogP contribution >= 0.6 is 0 Å². The Bertz CT molecular complexity index is 886. The van der Waals surface area contributed by atoms with Gasteiger partial charge in [0.2, 0.25) is 5.91 Å². The number of aryl methyl sites for hydroxylation is 2. The first kappa shape index (κ1) is 17.0. The minimum absolute atomic E-state index is 0.0844. The fraction of sp³-hybridized carbons (Fsp3) is 0.316. The molecule has 1 aromatic carbocycles. The van der Waals surface area contributed by atoms with E-state index >= 15 is 0 Å². The molecule has 0 bridgehead atoms. The molecule has 1 aromatic heterocycles. The van der Waals surface area contributed by atoms with Gasteiger partial charge in [0.05, 0.1) is 0 Å². The van der Waals surface area contributed by atoms with Gasteiger partial charge in [-0.3, -0.25) is 14.4 Å². The van der Waals surface area contributed by atoms with Crippen LogP contribution in [0.3, 0.4) is 0 Å². The fourth-order valence-corrected chi connectivity index (χ4v) is 3.01. The SMILES string of the molecule is Cc1ccc(NC(=O)c2cccn(C)c2=O)cc1N1CCCCC1=O. The number of benzene rings is 1. The molecule has 0 radical (unpaired) electrons. The number of pyridine rings is 1. The molecule has 0 atom stereocenters. The second kappa shape index (κ2) is 6.93. The van der Waals surface area contributed by atoms with Crippen molar-refractivity contribution in [2.24, 2.45) is 7.05 Å². The van der Waals surface area contributed by atoms with E-state index in [-0.39, 0.29) is 17.0 Å². The molecule has 2 heterocycles. The number of anilines is 2. The van der Waals surface area contributed by atoms with Crippen LogP contribution in [0.25, 0.3) is 0 Å². The van der Waals surface area contributed by atoms with Crippen LogP contribution in [0.4, 0.5) is 11.4 Å². The number of nitrogens with zero attached hydrogens (tertiary/aromatic N) is 2. The highest BCUT2D eigenvalue weighted by atomic mass is 16.2. The smallest absolute Gasteiger partial charge is 0.263 e. The van der Waals surface area contributed by atoms with E-state index in [2.05, 4.69) is 5.32 Å². The van der Waals surface area contributed by atoms with Crippen LogP contribution in [0.1, 0.15) is 35.2 Å². The molecule has 3 rings (SSSR count). The number of amides is 2. The number of rotatable bonds is 3. The van der Waals surface area contributed by atoms with Crippen LogP contribution in [-0.4, -0.2) is 22.9 Å². The van der Waals surface area contributed by atoms with Gasteiger partial charge in [0.1, 0.15) is 5.56 Å². The van der Waals surface area contributed by atoms with Gasteiger partial charge < -0.3 is 14.8 Å². The first-order chi connectivity index (χ1) is 12.0. The standard InChI is InChI=1S/C19H21N3O3/c1-13-8-9-14(12-16(13)22-11-4-3-7-17(22)23)20-18(24)15-6-5-10-21(2)19(15)25/h5-6,8-10,12H,3-4,7,11H2,1-2H3,(H,20,24). The first-order valence-corrected chi connectivity index (χ1v) is 8.35. The lowest BCUT2D eigenvalue weighted by atomic mass is 10.1. The minimum Gasteiger partial charge on any atom is -0.322 e. The third-order valence-electron chi connectivity index (χ3n) is 4.45. The zero-order chi connectivity index (χ0) is 18.0. The van der Waals surface area contributed by atoms with Crippen molar-refractivity contribution in [3.63, 3.8) is 0 Å². The minimum atomic E-state index is -0.457. The van der Waals surface area contributed by atoms with Crippen LogP contribution in [0.2, 0.25) is 0 Å². The fourth-order valence-electron chi connectivity index (χ4n) is 3.01. The predicted octanol–water partition coefficient (Wildman–Crippen LogP) is 2.46. The van der Waals surface area contributed by atoms with Crippen molar-refractivity contribution in [2.45, 2.75) is 26.2 Å². The number of piperidine rings is 1. The molecule has 1 fully saturated rings. The van der Waals surface area contributed by atoms with Crippen LogP contribution in [0.5, 0.6) is 0 Å². The average molecular weight is 339 g/mol. The van der Waals surface area contributed by atoms with Gasteiger partial charge >= 0.3 is 0 Å². The Labute approximate surface area is 146 Å². The Morgan fingerprint density at radius 1 is 1.16 bits per heavy atom. The van der Waals surface area contributed by atoms with Crippen LogP contribution < -0.4 is 15.8 Å². The lowest BCUT2D eigenvalue weighted by Gasteiger charge is -2.28. The van der Waals surface area contributed by atoms with E-state index in [1.165, 1.54) is 10.6 Å². The topological polar surface area (TPSA) is 71.4 Å². The maximum Gasteiger partial charge on any atom is 0.263 e. The summed E-state index contributed by atoms with van der Waals surface area (Å²) in [5.41, 5.74) is 2.09. The van der Waals surface area contributed by atoms with Crippen LogP contribution in [-0.2, 0) is 11.8 Å². The van der Waals surface area contributed by atoms with Crippen molar-refractivity contribution < 1.29 is 9.59 Å². The number of aromatic nitrogens is 1. The van der Waals surface area contributed by atoms with E-state index < -0.39 is 5.91 Å². The summed E-state index contributed by atoms with van der Waals surface area (Å²) >= 11 is 0. The van der Waals surface area contributed by atoms with Crippen molar-refractivity contribution in [3.05, 3.63) is 58.0 Å². The summed E-state index contributed by atoms with van der Waals surface area (Å²) in [5, 5.41) is 2.76. The molecule has 0 aliphatic carbocycles. The van der Waals surface area contributed by atoms with Gasteiger partial charge in [0.25, 0.3) is 11.5 Å². The van der Waals surface area contributed by atoms with Gasteiger partial charge in [0, 0.05) is 37.6 Å². The van der Waals surface area contributed by atoms with E-state index in [1.54, 1.807) is 36.3 Å². The Hall–Kier alpha value is -2.89. The van der Waals surface area contributed by atoms with Crippen molar-refractivity contribution >= 4 is 23.2 Å². The maximum atomic E-state index is 12.4. The van der Waals surface area contributed by atoms with Gasteiger partial charge in [-0.1, -0.05) is 6.07 Å². The quantitative estimate of drug-likeness (QED) is 0.934. The molecule has 0 saturated carbocycles. The van der Waals surface area contributed by atoms with Crippen molar-refractivity contribution in [1.29, 1.82) is 0 Å². The highest BCUT2D eigenvalue weighted by Crippen LogP contribution is 2.27. The number of hydrogen-bond acceptors (Lipinski definition) is 3. The average Bonchev–Trinajstić information content (AvgIpc) is 2.59. The van der Waals surface area contributed by atoms with Crippen molar-refractivity contribution in [2.75, 3.05) is 16.8 Å². The van der Waals surface area contributed by atoms with E-state index in [0.717, 1.165) is 24.1 Å².